The van der Waals surface area contributed by atoms with Crippen LogP contribution in [-0.2, 0) is 42.2 Å². The molecule has 1 aromatic carbocycles. The average molecular weight is 1310 g/mol. The fourth-order valence-electron chi connectivity index (χ4n) is 12.4. The van der Waals surface area contributed by atoms with Gasteiger partial charge in [-0.25, -0.2) is 0 Å². The summed E-state index contributed by atoms with van der Waals surface area (Å²) in [7, 11) is -3.08. The van der Waals surface area contributed by atoms with E-state index in [4.69, 9.17) is 23.3 Å². The summed E-state index contributed by atoms with van der Waals surface area (Å²) in [5, 5.41) is 2.88. The Morgan fingerprint density at radius 2 is 0.648 bits per heavy atom. The molecule has 0 spiro atoms. The topological polar surface area (TPSA) is 190 Å². The average Bonchev–Trinajstić information content (AvgIpc) is 0.842. The minimum absolute atomic E-state index is 0.0126. The number of phosphoric ester groups is 1. The highest BCUT2D eigenvalue weighted by atomic mass is 31.2. The van der Waals surface area contributed by atoms with Crippen LogP contribution in [0.25, 0.3) is 0 Å². The highest BCUT2D eigenvalue weighted by Gasteiger charge is 2.27. The first-order chi connectivity index (χ1) is 44.3. The number of esters is 3. The van der Waals surface area contributed by atoms with Gasteiger partial charge in [0, 0.05) is 26.7 Å². The molecule has 0 aliphatic rings. The first-order valence-corrected chi connectivity index (χ1v) is 39.9. The van der Waals surface area contributed by atoms with Crippen LogP contribution in [0.4, 0.5) is 11.4 Å². The number of anilines is 2. The third-order valence-electron chi connectivity index (χ3n) is 18.4. The number of nitrogens with one attached hydrogen (secondary N) is 1. The van der Waals surface area contributed by atoms with Crippen LogP contribution < -0.4 is 26.0 Å². The summed E-state index contributed by atoms with van der Waals surface area (Å²) in [5.74, 6) is -0.205. The lowest BCUT2D eigenvalue weighted by molar-refractivity contribution is -0.225. The van der Waals surface area contributed by atoms with E-state index in [0.29, 0.717) is 52.2 Å². The van der Waals surface area contributed by atoms with Crippen molar-refractivity contribution in [3.05, 3.63) is 20.4 Å². The molecule has 0 aromatic heterocycles. The van der Waals surface area contributed by atoms with Gasteiger partial charge in [-0.2, -0.15) is 0 Å². The van der Waals surface area contributed by atoms with Gasteiger partial charge in [-0.05, 0) is 96.6 Å². The van der Waals surface area contributed by atoms with Crippen molar-refractivity contribution in [3.63, 3.8) is 0 Å². The van der Waals surface area contributed by atoms with Crippen molar-refractivity contribution < 1.29 is 47.1 Å². The van der Waals surface area contributed by atoms with Crippen LogP contribution in [0.2, 0.25) is 0 Å². The van der Waals surface area contributed by atoms with E-state index in [1.165, 1.54) is 122 Å². The molecule has 534 valence electrons. The molecule has 0 saturated heterocycles. The van der Waals surface area contributed by atoms with Crippen molar-refractivity contribution in [2.75, 3.05) is 83.0 Å². The molecule has 0 fully saturated rings. The molecule has 0 saturated carbocycles. The van der Waals surface area contributed by atoms with Gasteiger partial charge in [0.25, 0.3) is 18.7 Å². The van der Waals surface area contributed by atoms with E-state index >= 15 is 0 Å². The molecule has 0 radical (unpaired) electrons. The van der Waals surface area contributed by atoms with Crippen LogP contribution in [0.15, 0.2) is 9.59 Å². The van der Waals surface area contributed by atoms with Crippen molar-refractivity contribution in [1.82, 2.24) is 4.90 Å². The second-order valence-corrected chi connectivity index (χ2v) is 28.0. The van der Waals surface area contributed by atoms with Crippen LogP contribution in [0, 0.1) is 17.8 Å². The molecule has 0 aliphatic heterocycles. The Kier molecular flexibility index (Phi) is 57.6. The largest absolute Gasteiger partial charge is 0.756 e. The summed E-state index contributed by atoms with van der Waals surface area (Å²) in [6.07, 6.45) is 50.8. The van der Waals surface area contributed by atoms with Crippen molar-refractivity contribution in [2.24, 2.45) is 17.8 Å². The van der Waals surface area contributed by atoms with E-state index in [0.717, 1.165) is 180 Å². The molecule has 0 heterocycles. The fraction of sp³-hybridized carbons (Fsp3) is 0.907. The van der Waals surface area contributed by atoms with Crippen molar-refractivity contribution >= 4 is 37.1 Å². The lowest BCUT2D eigenvalue weighted by Crippen LogP contribution is -2.46. The SMILES string of the molecule is CCCCCCCCC(CCCCCC)C(=O)OCCCCCCOP(=O)([O-])OCCN(CCN(CCCCCCOC(=O)C(CCCCCC)CCCCCCCC)CCCCCCOC(=O)C(CCCCCC)CCCCCCCC)c1c(NC)c(=O)c1=O. The molecule has 4 atom stereocenters. The summed E-state index contributed by atoms with van der Waals surface area (Å²) in [5.41, 5.74) is -0.767. The zero-order valence-electron chi connectivity index (χ0n) is 60.0. The monoisotopic (exact) mass is 1310 g/mol. The van der Waals surface area contributed by atoms with Crippen LogP contribution in [0.3, 0.4) is 0 Å². The first kappa shape index (κ1) is 86.2. The number of hydrogen-bond acceptors (Lipinski definition) is 15. The lowest BCUT2D eigenvalue weighted by atomic mass is 9.94. The van der Waals surface area contributed by atoms with E-state index in [9.17, 15) is 33.4 Å². The molecule has 1 N–H and O–H groups in total. The number of rotatable bonds is 70. The lowest BCUT2D eigenvalue weighted by Gasteiger charge is -2.31. The number of nitrogens with zero attached hydrogens (tertiary/aromatic N) is 2. The molecular formula is C75H141N3O12P-. The smallest absolute Gasteiger partial charge is 0.308 e. The number of phosphoric acid groups is 1. The number of ether oxygens (including phenoxy) is 3. The van der Waals surface area contributed by atoms with E-state index in [-0.39, 0.29) is 66.8 Å². The van der Waals surface area contributed by atoms with Crippen molar-refractivity contribution in [1.29, 1.82) is 0 Å². The maximum atomic E-state index is 13.3. The molecule has 15 nitrogen and oxygen atoms in total. The zero-order valence-corrected chi connectivity index (χ0v) is 60.9. The van der Waals surface area contributed by atoms with Gasteiger partial charge < -0.3 is 43.3 Å². The van der Waals surface area contributed by atoms with Gasteiger partial charge in [-0.15, -0.1) is 0 Å². The molecule has 4 unspecified atom stereocenters. The minimum atomic E-state index is -4.68. The maximum Gasteiger partial charge on any atom is 0.308 e. The summed E-state index contributed by atoms with van der Waals surface area (Å²) in [4.78, 5) is 82.8. The van der Waals surface area contributed by atoms with E-state index in [1.54, 1.807) is 11.9 Å². The first-order valence-electron chi connectivity index (χ1n) is 38.4. The predicted molar refractivity (Wildman–Crippen MR) is 378 cm³/mol. The van der Waals surface area contributed by atoms with Gasteiger partial charge >= 0.3 is 17.9 Å². The highest BCUT2D eigenvalue weighted by Crippen LogP contribution is 2.38. The number of carbonyl (C=O) groups excluding carboxylic acids is 3. The molecule has 0 bridgehead atoms. The third kappa shape index (κ3) is 46.1. The summed E-state index contributed by atoms with van der Waals surface area (Å²) >= 11 is 0. The standard InChI is InChI=1S/C75H142N3O12P/c1-8-14-20-26-29-41-53-66(50-38-23-17-11-4)73(81)86-61-46-34-32-44-56-77(57-45-33-35-47-62-87-74(82)67(51-39-24-18-12-5)54-42-30-27-21-15-9-2)58-59-78(70-69(76-7)71(79)72(70)80)60-65-90-91(84,85)89-64-49-37-36-48-63-88-75(83)68(52-40-25-19-13-6)55-43-31-28-22-16-10-3/h66-68,76H,8-65H2,1-7H3,(H,84,85)/p-1. The van der Waals surface area contributed by atoms with Crippen LogP contribution in [-0.4, -0.2) is 95.6 Å². The van der Waals surface area contributed by atoms with Crippen LogP contribution >= 0.6 is 7.82 Å². The molecule has 0 aliphatic carbocycles. The Morgan fingerprint density at radius 3 is 0.989 bits per heavy atom. The van der Waals surface area contributed by atoms with Gasteiger partial charge in [-0.3, -0.25) is 28.5 Å². The molecule has 91 heavy (non-hydrogen) atoms. The van der Waals surface area contributed by atoms with Gasteiger partial charge in [0.2, 0.25) is 0 Å². The number of carbonyl (C=O) groups is 3. The molecule has 1 aromatic rings. The third-order valence-corrected chi connectivity index (χ3v) is 19.4. The van der Waals surface area contributed by atoms with Crippen LogP contribution in [0.1, 0.15) is 350 Å². The van der Waals surface area contributed by atoms with E-state index < -0.39 is 18.7 Å². The van der Waals surface area contributed by atoms with Crippen molar-refractivity contribution in [2.45, 2.75) is 350 Å². The van der Waals surface area contributed by atoms with Gasteiger partial charge in [0.05, 0.1) is 50.8 Å². The Hall–Kier alpha value is -2.84. The van der Waals surface area contributed by atoms with Crippen molar-refractivity contribution in [3.8, 4) is 0 Å². The highest BCUT2D eigenvalue weighted by molar-refractivity contribution is 7.45. The van der Waals surface area contributed by atoms with Crippen LogP contribution in [0.5, 0.6) is 0 Å². The van der Waals surface area contributed by atoms with Gasteiger partial charge in [0.1, 0.15) is 11.4 Å². The maximum absolute atomic E-state index is 13.3. The Morgan fingerprint density at radius 1 is 0.363 bits per heavy atom. The quantitative estimate of drug-likeness (QED) is 0.0213. The zero-order chi connectivity index (χ0) is 66.7. The Bertz CT molecular complexity index is 1920. The Balaban J connectivity index is 2.91. The molecule has 16 heteroatoms. The second kappa shape index (κ2) is 60.8. The van der Waals surface area contributed by atoms with E-state index in [2.05, 4.69) is 51.8 Å². The van der Waals surface area contributed by atoms with E-state index in [1.807, 2.05) is 0 Å². The Labute approximate surface area is 557 Å². The summed E-state index contributed by atoms with van der Waals surface area (Å²) < 4.78 is 41.2. The normalized spacial score (nSPS) is 13.4. The number of unbranched alkanes of at least 4 members (excludes halogenated alkanes) is 33. The molecule has 1 rings (SSSR count). The predicted octanol–water partition coefficient (Wildman–Crippen LogP) is 19.3. The summed E-state index contributed by atoms with van der Waals surface area (Å²) in [6, 6.07) is 0. The summed E-state index contributed by atoms with van der Waals surface area (Å²) in [6.45, 7) is 16.8. The molecule has 0 amide bonds. The number of hydrogen-bond donors (Lipinski definition) is 1. The second-order valence-electron chi connectivity index (χ2n) is 26.6. The van der Waals surface area contributed by atoms with Gasteiger partial charge in [-0.1, -0.05) is 266 Å². The molecular weight excluding hydrogens is 1170 g/mol. The minimum Gasteiger partial charge on any atom is -0.756 e. The van der Waals surface area contributed by atoms with Gasteiger partial charge in [0.15, 0.2) is 0 Å². The fourth-order valence-corrected chi connectivity index (χ4v) is 13.2.